The number of phenolic OH excluding ortho intramolecular Hbond substituents is 1. The van der Waals surface area contributed by atoms with Crippen molar-refractivity contribution in [1.29, 1.82) is 0 Å². The van der Waals surface area contributed by atoms with Gasteiger partial charge in [-0.3, -0.25) is 39.0 Å². The third-order valence-electron chi connectivity index (χ3n) is 13.3. The Balaban J connectivity index is 0.635. The Kier molecular flexibility index (Phi) is 14.6. The van der Waals surface area contributed by atoms with E-state index < -0.39 is 35.8 Å². The lowest BCUT2D eigenvalue weighted by atomic mass is 10.0. The van der Waals surface area contributed by atoms with Crippen molar-refractivity contribution < 1.29 is 38.5 Å². The van der Waals surface area contributed by atoms with Gasteiger partial charge in [0.05, 0.1) is 30.5 Å². The Morgan fingerprint density at radius 1 is 0.783 bits per heavy atom. The predicted octanol–water partition coefficient (Wildman–Crippen LogP) is 5.01. The summed E-state index contributed by atoms with van der Waals surface area (Å²) < 4.78 is 20.3. The second-order valence-electron chi connectivity index (χ2n) is 18.0. The first-order valence-electron chi connectivity index (χ1n) is 24.0. The molecule has 0 spiro atoms. The molecule has 19 heteroatoms. The molecule has 0 saturated carbocycles. The van der Waals surface area contributed by atoms with Crippen LogP contribution >= 0.6 is 0 Å². The third-order valence-corrected chi connectivity index (χ3v) is 13.3. The number of nitrogens with zero attached hydrogens (tertiary/aromatic N) is 9. The number of unbranched alkanes of at least 4 members (excludes halogenated alkanes) is 3. The summed E-state index contributed by atoms with van der Waals surface area (Å²) in [5.41, 5.74) is 10.5. The average Bonchev–Trinajstić information content (AvgIpc) is 3.94. The van der Waals surface area contributed by atoms with E-state index in [1.165, 1.54) is 17.4 Å². The number of aromatic hydroxyl groups is 1. The van der Waals surface area contributed by atoms with Gasteiger partial charge < -0.3 is 34.9 Å². The number of benzene rings is 3. The predicted molar refractivity (Wildman–Crippen MR) is 256 cm³/mol. The molecular formula is C50H59N11O8. The van der Waals surface area contributed by atoms with E-state index in [2.05, 4.69) is 64.8 Å². The number of aryl methyl sites for hydroxylation is 1. The summed E-state index contributed by atoms with van der Waals surface area (Å²) in [6.07, 6.45) is 7.23. The zero-order chi connectivity index (χ0) is 47.9. The van der Waals surface area contributed by atoms with Crippen LogP contribution in [0.25, 0.3) is 11.3 Å². The lowest BCUT2D eigenvalue weighted by molar-refractivity contribution is -0.136. The van der Waals surface area contributed by atoms with Crippen LogP contribution in [-0.4, -0.2) is 135 Å². The number of fused-ring (bicyclic) bond motifs is 1. The number of ether oxygens (including phenoxy) is 3. The number of carbonyl (C=O) groups excluding carboxylic acids is 4. The van der Waals surface area contributed by atoms with Crippen LogP contribution in [0.3, 0.4) is 0 Å². The largest absolute Gasteiger partial charge is 0.507 e. The van der Waals surface area contributed by atoms with Gasteiger partial charge in [-0.2, -0.15) is 0 Å². The van der Waals surface area contributed by atoms with Gasteiger partial charge in [-0.1, -0.05) is 36.3 Å². The highest BCUT2D eigenvalue weighted by atomic mass is 16.5. The molecule has 6 heterocycles. The minimum atomic E-state index is -1.05. The number of hydrogen-bond acceptors (Lipinski definition) is 16. The first kappa shape index (κ1) is 47.0. The molecule has 69 heavy (non-hydrogen) atoms. The highest BCUT2D eigenvalue weighted by Gasteiger charge is 2.46. The Labute approximate surface area is 400 Å². The minimum Gasteiger partial charge on any atom is -0.507 e. The molecule has 3 atom stereocenters. The number of amides is 4. The second kappa shape index (κ2) is 21.5. The summed E-state index contributed by atoms with van der Waals surface area (Å²) in [7, 11) is 0. The Morgan fingerprint density at radius 2 is 1.55 bits per heavy atom. The molecule has 2 aromatic heterocycles. The Morgan fingerprint density at radius 3 is 2.35 bits per heavy atom. The van der Waals surface area contributed by atoms with E-state index in [0.29, 0.717) is 35.9 Å². The van der Waals surface area contributed by atoms with Gasteiger partial charge in [0.15, 0.2) is 11.6 Å². The van der Waals surface area contributed by atoms with Crippen molar-refractivity contribution in [2.45, 2.75) is 83.1 Å². The Hall–Kier alpha value is -7.12. The van der Waals surface area contributed by atoms with Crippen LogP contribution in [0.15, 0.2) is 79.0 Å². The monoisotopic (exact) mass is 941 g/mol. The number of para-hydroxylation sites is 1. The van der Waals surface area contributed by atoms with E-state index in [1.54, 1.807) is 48.0 Å². The van der Waals surface area contributed by atoms with Crippen molar-refractivity contribution in [3.05, 3.63) is 95.8 Å². The maximum Gasteiger partial charge on any atom is 0.266 e. The van der Waals surface area contributed by atoms with Crippen molar-refractivity contribution in [1.82, 2.24) is 40.3 Å². The quantitative estimate of drug-likeness (QED) is 0.0731. The first-order valence-corrected chi connectivity index (χ1v) is 24.0. The zero-order valence-electron chi connectivity index (χ0n) is 38.9. The van der Waals surface area contributed by atoms with Gasteiger partial charge in [-0.15, -0.1) is 15.3 Å². The van der Waals surface area contributed by atoms with E-state index >= 15 is 0 Å². The number of imide groups is 2. The van der Waals surface area contributed by atoms with E-state index in [-0.39, 0.29) is 47.4 Å². The van der Waals surface area contributed by atoms with Crippen LogP contribution in [0.4, 0.5) is 17.2 Å². The van der Waals surface area contributed by atoms with Crippen LogP contribution in [0.2, 0.25) is 0 Å². The number of aromatic nitrogens is 5. The van der Waals surface area contributed by atoms with Crippen molar-refractivity contribution in [3.8, 4) is 28.5 Å². The summed E-state index contributed by atoms with van der Waals surface area (Å²) >= 11 is 0. The lowest BCUT2D eigenvalue weighted by Crippen LogP contribution is -2.54. The van der Waals surface area contributed by atoms with Gasteiger partial charge in [0.2, 0.25) is 11.8 Å². The molecule has 3 unspecified atom stereocenters. The number of carbonyl (C=O) groups is 4. The van der Waals surface area contributed by atoms with Crippen molar-refractivity contribution >= 4 is 40.8 Å². The SMILES string of the molecule is CC(Oc1cccc2c1C(=O)N(C1CCC(=O)NC1=O)C2=O)c1cn(CCCCCCOCCN2CCN(c3ccc(N4CCCC(Oc5cc(-c6ccccc6O)nnc5N)C4)cc3)CC2)nn1. The van der Waals surface area contributed by atoms with Gasteiger partial charge in [0.1, 0.15) is 41.1 Å². The fraction of sp³-hybridized carbons (Fsp3) is 0.440. The fourth-order valence-electron chi connectivity index (χ4n) is 9.42. The summed E-state index contributed by atoms with van der Waals surface area (Å²) in [4.78, 5) is 59.0. The molecule has 0 radical (unpaired) electrons. The molecule has 3 saturated heterocycles. The molecule has 19 nitrogen and oxygen atoms in total. The molecule has 0 bridgehead atoms. The normalized spacial score (nSPS) is 19.2. The first-order chi connectivity index (χ1) is 33.6. The van der Waals surface area contributed by atoms with Crippen LogP contribution in [0.1, 0.15) is 90.8 Å². The highest BCUT2D eigenvalue weighted by Crippen LogP contribution is 2.36. The second-order valence-corrected chi connectivity index (χ2v) is 18.0. The van der Waals surface area contributed by atoms with Crippen LogP contribution in [0.5, 0.6) is 17.2 Å². The number of piperidine rings is 2. The van der Waals surface area contributed by atoms with Gasteiger partial charge in [-0.05, 0) is 87.6 Å². The van der Waals surface area contributed by atoms with Gasteiger partial charge in [-0.25, -0.2) is 0 Å². The zero-order valence-corrected chi connectivity index (χ0v) is 38.9. The summed E-state index contributed by atoms with van der Waals surface area (Å²) in [6, 6.07) is 21.3. The van der Waals surface area contributed by atoms with Crippen LogP contribution in [0, 0.1) is 0 Å². The minimum absolute atomic E-state index is 0.0471. The molecule has 4 amide bonds. The number of nitrogen functional groups attached to an aromatic ring is 1. The number of hydrogen-bond donors (Lipinski definition) is 3. The summed E-state index contributed by atoms with van der Waals surface area (Å²) in [6.45, 7) is 10.5. The van der Waals surface area contributed by atoms with E-state index in [4.69, 9.17) is 19.9 Å². The van der Waals surface area contributed by atoms with Gasteiger partial charge in [0, 0.05) is 81.8 Å². The van der Waals surface area contributed by atoms with Crippen LogP contribution in [-0.2, 0) is 20.9 Å². The number of nitrogens with two attached hydrogens (primary N) is 1. The summed E-state index contributed by atoms with van der Waals surface area (Å²) in [5, 5.41) is 29.4. The molecule has 0 aliphatic carbocycles. The molecule has 5 aromatic rings. The number of rotatable bonds is 19. The average molecular weight is 942 g/mol. The highest BCUT2D eigenvalue weighted by molar-refractivity contribution is 6.24. The van der Waals surface area contributed by atoms with Crippen molar-refractivity contribution in [2.24, 2.45) is 0 Å². The van der Waals surface area contributed by atoms with E-state index in [0.717, 1.165) is 95.8 Å². The van der Waals surface area contributed by atoms with Gasteiger partial charge >= 0.3 is 0 Å². The molecule has 3 aromatic carbocycles. The summed E-state index contributed by atoms with van der Waals surface area (Å²) in [5.74, 6) is -1.24. The molecule has 362 valence electrons. The number of phenols is 1. The van der Waals surface area contributed by atoms with Crippen molar-refractivity contribution in [3.63, 3.8) is 0 Å². The molecule has 4 N–H and O–H groups in total. The van der Waals surface area contributed by atoms with Crippen molar-refractivity contribution in [2.75, 3.05) is 74.6 Å². The molecule has 3 fully saturated rings. The van der Waals surface area contributed by atoms with Gasteiger partial charge in [0.25, 0.3) is 11.8 Å². The number of anilines is 3. The number of nitrogens with one attached hydrogen (secondary N) is 1. The lowest BCUT2D eigenvalue weighted by Gasteiger charge is -2.37. The number of piperazine rings is 1. The Bertz CT molecular complexity index is 2640. The topological polar surface area (TPSA) is 224 Å². The molecule has 4 aliphatic heterocycles. The molecule has 4 aliphatic rings. The third kappa shape index (κ3) is 10.9. The fourth-order valence-corrected chi connectivity index (χ4v) is 9.42. The van der Waals surface area contributed by atoms with Crippen LogP contribution < -0.4 is 30.3 Å². The maximum absolute atomic E-state index is 13.5. The molecular weight excluding hydrogens is 883 g/mol. The maximum atomic E-state index is 13.5. The molecule has 9 rings (SSSR count). The standard InChI is InChI=1S/C50H59N11O8/c1-33(68-43-14-8-12-38-46(43)50(66)61(49(38)65)41-19-20-45(63)52-48(41)64)40-32-60(56-54-40)22-6-2-3-7-28-67-29-27-57-23-25-58(26-24-57)34-15-17-35(18-16-34)59-21-9-10-36(31-59)69-44-30-39(53-55-47(44)51)37-11-4-5-13-42(37)62/h4-5,8,11-18,30,32-33,36,41,62H,2-3,6-7,9-10,19-29,31H2,1H3,(H2,51,55)(H,52,63,64). The van der Waals surface area contributed by atoms with E-state index in [1.807, 2.05) is 12.3 Å². The smallest absolute Gasteiger partial charge is 0.266 e. The van der Waals surface area contributed by atoms with E-state index in [9.17, 15) is 24.3 Å².